The van der Waals surface area contributed by atoms with E-state index in [1.165, 1.54) is 0 Å². The van der Waals surface area contributed by atoms with Gasteiger partial charge in [-0.3, -0.25) is 0 Å². The molecule has 0 amide bonds. The van der Waals surface area contributed by atoms with Gasteiger partial charge in [-0.05, 0) is 6.07 Å². The summed E-state index contributed by atoms with van der Waals surface area (Å²) < 4.78 is 4.83. The van der Waals surface area contributed by atoms with E-state index in [2.05, 4.69) is 10.2 Å². The molecule has 3 heteroatoms. The Morgan fingerprint density at radius 3 is 2.60 bits per heavy atom. The zero-order valence-corrected chi connectivity index (χ0v) is 6.03. The number of ether oxygens (including phenoxy) is 1. The van der Waals surface area contributed by atoms with E-state index in [9.17, 15) is 0 Å². The fourth-order valence-electron chi connectivity index (χ4n) is 0.593. The van der Waals surface area contributed by atoms with E-state index >= 15 is 0 Å². The minimum Gasteiger partial charge on any atom is -0.480 e. The second-order valence-corrected chi connectivity index (χ2v) is 1.79. The number of rotatable bonds is 2. The maximum absolute atomic E-state index is 4.83. The first-order valence-corrected chi connectivity index (χ1v) is 3.04. The summed E-state index contributed by atoms with van der Waals surface area (Å²) in [5.41, 5.74) is 0.862. The number of hydrogen-bond donors (Lipinski definition) is 0. The second kappa shape index (κ2) is 3.15. The number of methoxy groups -OCH3 is 1. The molecule has 0 atom stereocenters. The minimum absolute atomic E-state index is 0.547. The van der Waals surface area contributed by atoms with Gasteiger partial charge in [-0.15, -0.1) is 5.10 Å². The smallest absolute Gasteiger partial charge is 0.233 e. The fourth-order valence-corrected chi connectivity index (χ4v) is 0.593. The highest BCUT2D eigenvalue weighted by atomic mass is 16.5. The molecular weight excluding hydrogens is 128 g/mol. The topological polar surface area (TPSA) is 35.0 Å². The molecule has 0 spiro atoms. The summed E-state index contributed by atoms with van der Waals surface area (Å²) in [5.74, 6) is 0.547. The molecule has 0 bridgehead atoms. The van der Waals surface area contributed by atoms with Crippen LogP contribution >= 0.6 is 0 Å². The minimum atomic E-state index is 0.547. The highest BCUT2D eigenvalue weighted by molar-refractivity contribution is 5.15. The Morgan fingerprint density at radius 2 is 2.20 bits per heavy atom. The zero-order chi connectivity index (χ0) is 7.40. The van der Waals surface area contributed by atoms with Gasteiger partial charge in [0.1, 0.15) is 0 Å². The molecule has 0 N–H and O–H groups in total. The van der Waals surface area contributed by atoms with Gasteiger partial charge in [0.15, 0.2) is 0 Å². The molecule has 3 nitrogen and oxygen atoms in total. The summed E-state index contributed by atoms with van der Waals surface area (Å²) in [4.78, 5) is 0. The first kappa shape index (κ1) is 6.99. The molecule has 1 aromatic rings. The second-order valence-electron chi connectivity index (χ2n) is 1.79. The van der Waals surface area contributed by atoms with Crippen LogP contribution in [0.4, 0.5) is 0 Å². The van der Waals surface area contributed by atoms with E-state index in [-0.39, 0.29) is 0 Å². The van der Waals surface area contributed by atoms with Gasteiger partial charge >= 0.3 is 0 Å². The number of nitrogens with zero attached hydrogens (tertiary/aromatic N) is 2. The Labute approximate surface area is 60.0 Å². The Kier molecular flexibility index (Phi) is 2.20. The van der Waals surface area contributed by atoms with Crippen molar-refractivity contribution in [1.82, 2.24) is 10.2 Å². The van der Waals surface area contributed by atoms with Crippen molar-refractivity contribution >= 4 is 0 Å². The van der Waals surface area contributed by atoms with Crippen molar-refractivity contribution in [2.75, 3.05) is 7.11 Å². The van der Waals surface area contributed by atoms with Gasteiger partial charge in [-0.1, -0.05) is 6.92 Å². The van der Waals surface area contributed by atoms with Crippen LogP contribution < -0.4 is 4.74 Å². The van der Waals surface area contributed by atoms with Crippen LogP contribution in [0.15, 0.2) is 12.1 Å². The first-order valence-electron chi connectivity index (χ1n) is 3.04. The van der Waals surface area contributed by atoms with Crippen LogP contribution in [-0.4, -0.2) is 17.3 Å². The quantitative estimate of drug-likeness (QED) is 0.611. The van der Waals surface area contributed by atoms with E-state index in [0.29, 0.717) is 5.88 Å². The van der Waals surface area contributed by atoms with E-state index in [1.54, 1.807) is 13.2 Å². The molecule has 1 rings (SSSR count). The molecule has 1 aromatic heterocycles. The molecule has 53 valence electrons. The Morgan fingerprint density at radius 1 is 1.40 bits per heavy atom. The number of aromatic nitrogens is 2. The highest BCUT2D eigenvalue weighted by Gasteiger charge is 1.92. The first-order chi connectivity index (χ1) is 4.86. The van der Waals surface area contributed by atoms with E-state index < -0.39 is 0 Å². The van der Waals surface area contributed by atoms with Crippen molar-refractivity contribution in [3.8, 4) is 5.88 Å². The van der Waals surface area contributed by atoms with Crippen LogP contribution in [0.25, 0.3) is 0 Å². The SMILES string of the molecule is C[CH]c1ccc(OC)nn1. The normalized spacial score (nSPS) is 9.40. The largest absolute Gasteiger partial charge is 0.480 e. The average molecular weight is 137 g/mol. The van der Waals surface area contributed by atoms with Gasteiger partial charge < -0.3 is 4.74 Å². The highest BCUT2D eigenvalue weighted by Crippen LogP contribution is 2.03. The molecule has 0 fully saturated rings. The van der Waals surface area contributed by atoms with Crippen LogP contribution in [0.1, 0.15) is 12.6 Å². The molecule has 0 saturated heterocycles. The van der Waals surface area contributed by atoms with Crippen molar-refractivity contribution in [3.05, 3.63) is 24.2 Å². The van der Waals surface area contributed by atoms with Crippen molar-refractivity contribution in [2.45, 2.75) is 6.92 Å². The van der Waals surface area contributed by atoms with Crippen molar-refractivity contribution < 1.29 is 4.74 Å². The molecule has 0 aromatic carbocycles. The third-order valence-electron chi connectivity index (χ3n) is 1.17. The van der Waals surface area contributed by atoms with Gasteiger partial charge in [0.05, 0.1) is 12.8 Å². The maximum atomic E-state index is 4.83. The van der Waals surface area contributed by atoms with Gasteiger partial charge in [-0.25, -0.2) is 0 Å². The summed E-state index contributed by atoms with van der Waals surface area (Å²) in [6.45, 7) is 1.91. The molecular formula is C7H9N2O. The molecule has 0 aliphatic rings. The van der Waals surface area contributed by atoms with Gasteiger partial charge in [-0.2, -0.15) is 5.10 Å². The Bertz CT molecular complexity index is 172. The number of hydrogen-bond acceptors (Lipinski definition) is 3. The molecule has 0 saturated carbocycles. The van der Waals surface area contributed by atoms with E-state index in [0.717, 1.165) is 5.69 Å². The van der Waals surface area contributed by atoms with E-state index in [4.69, 9.17) is 4.74 Å². The lowest BCUT2D eigenvalue weighted by Crippen LogP contribution is -1.92. The summed E-state index contributed by atoms with van der Waals surface area (Å²) >= 11 is 0. The van der Waals surface area contributed by atoms with Crippen LogP contribution in [0.3, 0.4) is 0 Å². The molecule has 1 radical (unpaired) electrons. The average Bonchev–Trinajstić information content (AvgIpc) is 2.05. The van der Waals surface area contributed by atoms with Crippen LogP contribution in [0, 0.1) is 6.42 Å². The lowest BCUT2D eigenvalue weighted by atomic mass is 10.3. The standard InChI is InChI=1S/C7H9N2O/c1-3-6-4-5-7(10-2)9-8-6/h3-5H,1-2H3. The van der Waals surface area contributed by atoms with Crippen LogP contribution in [0.2, 0.25) is 0 Å². The van der Waals surface area contributed by atoms with Crippen molar-refractivity contribution in [1.29, 1.82) is 0 Å². The molecule has 0 unspecified atom stereocenters. The summed E-state index contributed by atoms with van der Waals surface area (Å²) in [7, 11) is 1.57. The molecule has 0 aliphatic heterocycles. The van der Waals surface area contributed by atoms with E-state index in [1.807, 2.05) is 19.4 Å². The zero-order valence-electron chi connectivity index (χ0n) is 6.03. The maximum Gasteiger partial charge on any atom is 0.233 e. The lowest BCUT2D eigenvalue weighted by molar-refractivity contribution is 0.391. The summed E-state index contributed by atoms with van der Waals surface area (Å²) in [5, 5.41) is 7.60. The fraction of sp³-hybridized carbons (Fsp3) is 0.286. The lowest BCUT2D eigenvalue weighted by Gasteiger charge is -1.96. The van der Waals surface area contributed by atoms with Crippen molar-refractivity contribution in [3.63, 3.8) is 0 Å². The van der Waals surface area contributed by atoms with Gasteiger partial charge in [0, 0.05) is 12.5 Å². The predicted molar refractivity (Wildman–Crippen MR) is 37.7 cm³/mol. The third-order valence-corrected chi connectivity index (χ3v) is 1.17. The van der Waals surface area contributed by atoms with Crippen LogP contribution in [0.5, 0.6) is 5.88 Å². The molecule has 10 heavy (non-hydrogen) atoms. The molecule has 1 heterocycles. The predicted octanol–water partition coefficient (Wildman–Crippen LogP) is 1.06. The van der Waals surface area contributed by atoms with Gasteiger partial charge in [0.25, 0.3) is 0 Å². The van der Waals surface area contributed by atoms with Gasteiger partial charge in [0.2, 0.25) is 5.88 Å². The van der Waals surface area contributed by atoms with Crippen LogP contribution in [-0.2, 0) is 0 Å². The monoisotopic (exact) mass is 137 g/mol. The molecule has 0 aliphatic carbocycles. The summed E-state index contributed by atoms with van der Waals surface area (Å²) in [6.07, 6.45) is 1.88. The summed E-state index contributed by atoms with van der Waals surface area (Å²) in [6, 6.07) is 3.63. The third kappa shape index (κ3) is 1.43. The Hall–Kier alpha value is -1.12. The van der Waals surface area contributed by atoms with Crippen molar-refractivity contribution in [2.24, 2.45) is 0 Å². The Balaban J connectivity index is 2.80.